The summed E-state index contributed by atoms with van der Waals surface area (Å²) in [5.41, 5.74) is 0. The molecule has 3 heteroatoms. The zero-order chi connectivity index (χ0) is 11.8. The Bertz CT molecular complexity index is 173. The second-order valence-corrected chi connectivity index (χ2v) is 5.03. The van der Waals surface area contributed by atoms with Gasteiger partial charge < -0.3 is 14.8 Å². The van der Waals surface area contributed by atoms with E-state index in [1.54, 1.807) is 7.11 Å². The van der Waals surface area contributed by atoms with Gasteiger partial charge in [0.05, 0.1) is 6.10 Å². The molecular weight excluding hydrogens is 202 g/mol. The molecule has 0 amide bonds. The van der Waals surface area contributed by atoms with E-state index in [4.69, 9.17) is 9.47 Å². The highest BCUT2D eigenvalue weighted by Gasteiger charge is 2.24. The quantitative estimate of drug-likeness (QED) is 0.679. The van der Waals surface area contributed by atoms with Crippen molar-refractivity contribution < 1.29 is 9.47 Å². The third kappa shape index (κ3) is 5.28. The van der Waals surface area contributed by atoms with Crippen LogP contribution in [0.2, 0.25) is 0 Å². The van der Waals surface area contributed by atoms with Crippen LogP contribution in [0.1, 0.15) is 39.5 Å². The summed E-state index contributed by atoms with van der Waals surface area (Å²) < 4.78 is 10.8. The SMILES string of the molecule is COCCCCNC1CCOC(C(C)C)C1. The monoisotopic (exact) mass is 229 g/mol. The van der Waals surface area contributed by atoms with E-state index >= 15 is 0 Å². The molecule has 1 heterocycles. The highest BCUT2D eigenvalue weighted by Crippen LogP contribution is 2.20. The first-order valence-corrected chi connectivity index (χ1v) is 6.58. The molecule has 2 unspecified atom stereocenters. The van der Waals surface area contributed by atoms with Crippen molar-refractivity contribution in [3.8, 4) is 0 Å². The predicted octanol–water partition coefficient (Wildman–Crippen LogP) is 2.21. The molecule has 0 bridgehead atoms. The Kier molecular flexibility index (Phi) is 7.01. The van der Waals surface area contributed by atoms with Gasteiger partial charge in [-0.05, 0) is 38.1 Å². The molecule has 0 aliphatic carbocycles. The number of nitrogens with one attached hydrogen (secondary N) is 1. The summed E-state index contributed by atoms with van der Waals surface area (Å²) in [5.74, 6) is 0.637. The van der Waals surface area contributed by atoms with Crippen LogP contribution in [0.25, 0.3) is 0 Å². The summed E-state index contributed by atoms with van der Waals surface area (Å²) in [5, 5.41) is 3.63. The molecule has 2 atom stereocenters. The van der Waals surface area contributed by atoms with Crippen molar-refractivity contribution in [3.05, 3.63) is 0 Å². The van der Waals surface area contributed by atoms with Crippen LogP contribution in [0.15, 0.2) is 0 Å². The summed E-state index contributed by atoms with van der Waals surface area (Å²) in [7, 11) is 1.76. The fourth-order valence-electron chi connectivity index (χ4n) is 2.16. The minimum Gasteiger partial charge on any atom is -0.385 e. The number of unbranched alkanes of at least 4 members (excludes halogenated alkanes) is 1. The molecule has 0 aromatic heterocycles. The zero-order valence-corrected chi connectivity index (χ0v) is 11.0. The summed E-state index contributed by atoms with van der Waals surface area (Å²) in [6.45, 7) is 7.39. The molecule has 1 fully saturated rings. The minimum atomic E-state index is 0.449. The maximum atomic E-state index is 5.75. The van der Waals surface area contributed by atoms with Crippen molar-refractivity contribution in [2.45, 2.75) is 51.7 Å². The van der Waals surface area contributed by atoms with Gasteiger partial charge in [-0.15, -0.1) is 0 Å². The van der Waals surface area contributed by atoms with Crippen molar-refractivity contribution in [2.75, 3.05) is 26.9 Å². The standard InChI is InChI=1S/C13H27NO2/c1-11(2)13-10-12(6-9-16-13)14-7-4-5-8-15-3/h11-14H,4-10H2,1-3H3. The molecule has 1 N–H and O–H groups in total. The molecule has 0 aromatic rings. The molecule has 1 rings (SSSR count). The number of hydrogen-bond donors (Lipinski definition) is 1. The van der Waals surface area contributed by atoms with Gasteiger partial charge in [-0.3, -0.25) is 0 Å². The normalized spacial score (nSPS) is 26.2. The molecule has 1 aliphatic rings. The van der Waals surface area contributed by atoms with Gasteiger partial charge in [0.2, 0.25) is 0 Å². The van der Waals surface area contributed by atoms with Crippen LogP contribution in [0.3, 0.4) is 0 Å². The highest BCUT2D eigenvalue weighted by atomic mass is 16.5. The molecule has 0 saturated carbocycles. The summed E-state index contributed by atoms with van der Waals surface area (Å²) >= 11 is 0. The average Bonchev–Trinajstić information content (AvgIpc) is 2.29. The second kappa shape index (κ2) is 8.04. The molecule has 0 radical (unpaired) electrons. The lowest BCUT2D eigenvalue weighted by atomic mass is 9.95. The van der Waals surface area contributed by atoms with E-state index in [-0.39, 0.29) is 0 Å². The molecule has 16 heavy (non-hydrogen) atoms. The van der Waals surface area contributed by atoms with Gasteiger partial charge in [-0.1, -0.05) is 13.8 Å². The van der Waals surface area contributed by atoms with Crippen LogP contribution in [0.5, 0.6) is 0 Å². The molecule has 1 aliphatic heterocycles. The summed E-state index contributed by atoms with van der Waals surface area (Å²) in [6.07, 6.45) is 5.14. The number of ether oxygens (including phenoxy) is 2. The second-order valence-electron chi connectivity index (χ2n) is 5.03. The topological polar surface area (TPSA) is 30.5 Å². The van der Waals surface area contributed by atoms with Crippen LogP contribution < -0.4 is 5.32 Å². The Morgan fingerprint density at radius 1 is 1.38 bits per heavy atom. The van der Waals surface area contributed by atoms with Crippen LogP contribution >= 0.6 is 0 Å². The maximum absolute atomic E-state index is 5.75. The van der Waals surface area contributed by atoms with E-state index in [2.05, 4.69) is 19.2 Å². The summed E-state index contributed by atoms with van der Waals surface area (Å²) in [6, 6.07) is 0.656. The number of methoxy groups -OCH3 is 1. The van der Waals surface area contributed by atoms with Gasteiger partial charge in [-0.25, -0.2) is 0 Å². The first-order valence-electron chi connectivity index (χ1n) is 6.58. The molecular formula is C13H27NO2. The van der Waals surface area contributed by atoms with E-state index < -0.39 is 0 Å². The Balaban J connectivity index is 2.07. The van der Waals surface area contributed by atoms with Gasteiger partial charge in [0.15, 0.2) is 0 Å². The lowest BCUT2D eigenvalue weighted by Crippen LogP contribution is -2.41. The first kappa shape index (κ1) is 13.9. The lowest BCUT2D eigenvalue weighted by molar-refractivity contribution is -0.0243. The molecule has 0 aromatic carbocycles. The van der Waals surface area contributed by atoms with Gasteiger partial charge in [0, 0.05) is 26.4 Å². The Morgan fingerprint density at radius 3 is 2.88 bits per heavy atom. The fraction of sp³-hybridized carbons (Fsp3) is 1.00. The van der Waals surface area contributed by atoms with E-state index in [9.17, 15) is 0 Å². The Labute approximate surface area is 99.9 Å². The van der Waals surface area contributed by atoms with Crippen molar-refractivity contribution in [1.29, 1.82) is 0 Å². The molecule has 96 valence electrons. The van der Waals surface area contributed by atoms with Crippen LogP contribution in [-0.2, 0) is 9.47 Å². The average molecular weight is 229 g/mol. The first-order chi connectivity index (χ1) is 7.74. The zero-order valence-electron chi connectivity index (χ0n) is 11.0. The third-order valence-electron chi connectivity index (χ3n) is 3.27. The van der Waals surface area contributed by atoms with Crippen LogP contribution in [0.4, 0.5) is 0 Å². The number of rotatable bonds is 7. The van der Waals surface area contributed by atoms with Crippen molar-refractivity contribution >= 4 is 0 Å². The van der Waals surface area contributed by atoms with E-state index in [1.165, 1.54) is 12.8 Å². The third-order valence-corrected chi connectivity index (χ3v) is 3.27. The van der Waals surface area contributed by atoms with Crippen LogP contribution in [-0.4, -0.2) is 39.0 Å². The van der Waals surface area contributed by atoms with Gasteiger partial charge in [0.1, 0.15) is 0 Å². The smallest absolute Gasteiger partial charge is 0.0612 e. The van der Waals surface area contributed by atoms with Crippen molar-refractivity contribution in [2.24, 2.45) is 5.92 Å². The lowest BCUT2D eigenvalue weighted by Gasteiger charge is -2.32. The molecule has 1 saturated heterocycles. The van der Waals surface area contributed by atoms with E-state index in [1.807, 2.05) is 0 Å². The molecule has 3 nitrogen and oxygen atoms in total. The minimum absolute atomic E-state index is 0.449. The number of hydrogen-bond acceptors (Lipinski definition) is 3. The fourth-order valence-corrected chi connectivity index (χ4v) is 2.16. The largest absolute Gasteiger partial charge is 0.385 e. The van der Waals surface area contributed by atoms with Gasteiger partial charge in [-0.2, -0.15) is 0 Å². The van der Waals surface area contributed by atoms with Crippen molar-refractivity contribution in [3.63, 3.8) is 0 Å². The Hall–Kier alpha value is -0.120. The van der Waals surface area contributed by atoms with Crippen LogP contribution in [0, 0.1) is 5.92 Å². The van der Waals surface area contributed by atoms with Gasteiger partial charge in [0.25, 0.3) is 0 Å². The highest BCUT2D eigenvalue weighted by molar-refractivity contribution is 4.78. The Morgan fingerprint density at radius 2 is 2.19 bits per heavy atom. The van der Waals surface area contributed by atoms with E-state index in [0.29, 0.717) is 18.1 Å². The van der Waals surface area contributed by atoms with Crippen molar-refractivity contribution in [1.82, 2.24) is 5.32 Å². The predicted molar refractivity (Wildman–Crippen MR) is 66.7 cm³/mol. The van der Waals surface area contributed by atoms with E-state index in [0.717, 1.165) is 32.6 Å². The van der Waals surface area contributed by atoms with Gasteiger partial charge >= 0.3 is 0 Å². The summed E-state index contributed by atoms with van der Waals surface area (Å²) in [4.78, 5) is 0. The molecule has 0 spiro atoms. The maximum Gasteiger partial charge on any atom is 0.0612 e.